The van der Waals surface area contributed by atoms with Gasteiger partial charge in [0.05, 0.1) is 6.04 Å². The molecule has 3 heterocycles. The molecule has 1 aliphatic heterocycles. The summed E-state index contributed by atoms with van der Waals surface area (Å²) in [5, 5.41) is 12.6. The number of anilines is 1. The van der Waals surface area contributed by atoms with Gasteiger partial charge in [0.2, 0.25) is 0 Å². The number of hydrogen-bond acceptors (Lipinski definition) is 7. The van der Waals surface area contributed by atoms with Crippen LogP contribution in [0, 0.1) is 6.92 Å². The largest absolute Gasteiger partial charge is 0.476 e. The van der Waals surface area contributed by atoms with Gasteiger partial charge in [-0.25, -0.2) is 24.2 Å². The lowest BCUT2D eigenvalue weighted by Crippen LogP contribution is -2.37. The number of imidazole rings is 1. The summed E-state index contributed by atoms with van der Waals surface area (Å²) >= 11 is 0. The Morgan fingerprint density at radius 2 is 1.86 bits per heavy atom. The van der Waals surface area contributed by atoms with Gasteiger partial charge < -0.3 is 21.0 Å². The van der Waals surface area contributed by atoms with Gasteiger partial charge in [0, 0.05) is 23.9 Å². The molecule has 4 rings (SSSR count). The minimum Gasteiger partial charge on any atom is -0.476 e. The molecule has 194 valence electrons. The van der Waals surface area contributed by atoms with Crippen LogP contribution in [0.1, 0.15) is 71.9 Å². The number of benzene rings is 1. The molecule has 1 fully saturated rings. The summed E-state index contributed by atoms with van der Waals surface area (Å²) in [5.74, 6) is 5.28. The van der Waals surface area contributed by atoms with Crippen molar-refractivity contribution in [2.75, 3.05) is 17.7 Å². The second kappa shape index (κ2) is 9.92. The van der Waals surface area contributed by atoms with Crippen molar-refractivity contribution in [2.45, 2.75) is 52.2 Å². The van der Waals surface area contributed by atoms with Crippen LogP contribution in [0.5, 0.6) is 0 Å². The van der Waals surface area contributed by atoms with Crippen LogP contribution >= 0.6 is 0 Å². The zero-order valence-corrected chi connectivity index (χ0v) is 21.2. The zero-order valence-electron chi connectivity index (χ0n) is 21.2. The Morgan fingerprint density at radius 1 is 1.16 bits per heavy atom. The monoisotopic (exact) mass is 506 g/mol. The first-order chi connectivity index (χ1) is 17.4. The molecule has 1 aromatic carbocycles. The summed E-state index contributed by atoms with van der Waals surface area (Å²) in [6, 6.07) is 9.42. The lowest BCUT2D eigenvalue weighted by atomic mass is 10.1. The zero-order chi connectivity index (χ0) is 26.9. The molecule has 0 saturated carbocycles. The number of ether oxygens (including phenoxy) is 1. The number of nitrogens with one attached hydrogen (secondary N) is 1. The molecule has 2 amide bonds. The number of carboxylic acids is 1. The number of nitrogens with zero attached hydrogens (tertiary/aromatic N) is 4. The average Bonchev–Trinajstić information content (AvgIpc) is 3.42. The van der Waals surface area contributed by atoms with E-state index in [4.69, 9.17) is 10.6 Å². The van der Waals surface area contributed by atoms with E-state index in [2.05, 4.69) is 15.3 Å². The number of amides is 2. The Balaban J connectivity index is 1.62. The quantitative estimate of drug-likeness (QED) is 0.439. The molecule has 0 spiro atoms. The summed E-state index contributed by atoms with van der Waals surface area (Å²) in [4.78, 5) is 47.8. The molecule has 0 bridgehead atoms. The maximum Gasteiger partial charge on any atom is 0.410 e. The summed E-state index contributed by atoms with van der Waals surface area (Å²) in [5.41, 5.74) is 1.05. The van der Waals surface area contributed by atoms with E-state index in [0.29, 0.717) is 36.3 Å². The number of aromatic nitrogens is 3. The fourth-order valence-electron chi connectivity index (χ4n) is 4.24. The number of carbonyl (C=O) groups is 3. The number of hydrogen-bond donors (Lipinski definition) is 3. The molecule has 37 heavy (non-hydrogen) atoms. The predicted octanol–water partition coefficient (Wildman–Crippen LogP) is 3.99. The highest BCUT2D eigenvalue weighted by molar-refractivity contribution is 6.04. The highest BCUT2D eigenvalue weighted by atomic mass is 16.6. The van der Waals surface area contributed by atoms with Crippen molar-refractivity contribution in [3.8, 4) is 11.3 Å². The number of carbonyl (C=O) groups excluding carboxylic acids is 2. The third-order valence-electron chi connectivity index (χ3n) is 5.90. The van der Waals surface area contributed by atoms with E-state index in [1.807, 2.05) is 13.0 Å². The van der Waals surface area contributed by atoms with Crippen LogP contribution in [-0.4, -0.2) is 54.8 Å². The third kappa shape index (κ3) is 5.55. The molecule has 3 aromatic rings. The van der Waals surface area contributed by atoms with E-state index in [1.54, 1.807) is 57.3 Å². The van der Waals surface area contributed by atoms with Gasteiger partial charge in [0.25, 0.3) is 5.91 Å². The van der Waals surface area contributed by atoms with Crippen molar-refractivity contribution in [1.29, 1.82) is 0 Å². The molecule has 0 aliphatic carbocycles. The number of nitrogens with two attached hydrogens (primary N) is 1. The van der Waals surface area contributed by atoms with Crippen molar-refractivity contribution in [1.82, 2.24) is 19.5 Å². The van der Waals surface area contributed by atoms with Crippen LogP contribution in [0.2, 0.25) is 0 Å². The molecule has 1 aliphatic rings. The van der Waals surface area contributed by atoms with E-state index in [9.17, 15) is 19.5 Å². The number of pyridine rings is 1. The summed E-state index contributed by atoms with van der Waals surface area (Å²) in [6.45, 7) is 7.69. The Kier molecular flexibility index (Phi) is 6.88. The van der Waals surface area contributed by atoms with Crippen LogP contribution in [0.4, 0.5) is 10.6 Å². The second-order valence-corrected chi connectivity index (χ2v) is 9.92. The van der Waals surface area contributed by atoms with Crippen molar-refractivity contribution in [2.24, 2.45) is 0 Å². The van der Waals surface area contributed by atoms with Crippen LogP contribution in [-0.2, 0) is 4.74 Å². The van der Waals surface area contributed by atoms with Gasteiger partial charge in [-0.1, -0.05) is 12.1 Å². The Labute approximate surface area is 214 Å². The Morgan fingerprint density at radius 3 is 2.49 bits per heavy atom. The summed E-state index contributed by atoms with van der Waals surface area (Å²) in [7, 11) is 0. The Bertz CT molecular complexity index is 1340. The predicted molar refractivity (Wildman–Crippen MR) is 137 cm³/mol. The standard InChI is InChI=1S/C26H30N6O5/c1-15-11-12-28-19(14-15)29-23(33)17-9-7-16(8-10-17)20-21(24(34)35)32(27)22(30-20)18-6-5-13-31(18)25(36)37-26(2,3)4/h7-12,14,18H,5-6,13,27H2,1-4H3,(H,34,35)(H,28,29,33). The molecular weight excluding hydrogens is 476 g/mol. The second-order valence-electron chi connectivity index (χ2n) is 9.92. The number of aromatic carboxylic acids is 1. The van der Waals surface area contributed by atoms with Gasteiger partial charge in [0.1, 0.15) is 17.1 Å². The SMILES string of the molecule is Cc1ccnc(NC(=O)c2ccc(-c3nc(C4CCCN4C(=O)OC(C)(C)C)n(N)c3C(=O)O)cc2)c1. The smallest absolute Gasteiger partial charge is 0.410 e. The lowest BCUT2D eigenvalue weighted by Gasteiger charge is -2.28. The summed E-state index contributed by atoms with van der Waals surface area (Å²) < 4.78 is 6.54. The van der Waals surface area contributed by atoms with Gasteiger partial charge >= 0.3 is 12.1 Å². The molecule has 4 N–H and O–H groups in total. The van der Waals surface area contributed by atoms with Crippen molar-refractivity contribution >= 4 is 23.8 Å². The molecule has 2 aromatic heterocycles. The number of nitrogen functional groups attached to an aromatic ring is 1. The first-order valence-corrected chi connectivity index (χ1v) is 11.9. The highest BCUT2D eigenvalue weighted by Gasteiger charge is 2.37. The van der Waals surface area contributed by atoms with Crippen molar-refractivity contribution < 1.29 is 24.2 Å². The van der Waals surface area contributed by atoms with E-state index in [0.717, 1.165) is 10.2 Å². The fraction of sp³-hybridized carbons (Fsp3) is 0.346. The summed E-state index contributed by atoms with van der Waals surface area (Å²) in [6.07, 6.45) is 2.37. The number of carboxylic acid groups (broad SMARTS) is 1. The first kappa shape index (κ1) is 25.7. The average molecular weight is 507 g/mol. The molecule has 11 nitrogen and oxygen atoms in total. The highest BCUT2D eigenvalue weighted by Crippen LogP contribution is 2.35. The lowest BCUT2D eigenvalue weighted by molar-refractivity contribution is 0.0217. The number of likely N-dealkylation sites (tertiary alicyclic amines) is 1. The molecule has 0 radical (unpaired) electrons. The van der Waals surface area contributed by atoms with Gasteiger partial charge in [-0.05, 0) is 70.4 Å². The third-order valence-corrected chi connectivity index (χ3v) is 5.90. The van der Waals surface area contributed by atoms with Crippen LogP contribution in [0.25, 0.3) is 11.3 Å². The number of aryl methyl sites for hydroxylation is 1. The Hall–Kier alpha value is -4.41. The van der Waals surface area contributed by atoms with Gasteiger partial charge in [-0.3, -0.25) is 9.69 Å². The normalized spacial score (nSPS) is 15.5. The molecule has 11 heteroatoms. The van der Waals surface area contributed by atoms with Crippen molar-refractivity contribution in [3.63, 3.8) is 0 Å². The van der Waals surface area contributed by atoms with Crippen LogP contribution in [0.3, 0.4) is 0 Å². The topological polar surface area (TPSA) is 153 Å². The van der Waals surface area contributed by atoms with Gasteiger partial charge in [-0.2, -0.15) is 0 Å². The van der Waals surface area contributed by atoms with Crippen LogP contribution < -0.4 is 11.2 Å². The fourth-order valence-corrected chi connectivity index (χ4v) is 4.24. The van der Waals surface area contributed by atoms with Crippen LogP contribution in [0.15, 0.2) is 42.6 Å². The number of rotatable bonds is 5. The van der Waals surface area contributed by atoms with Gasteiger partial charge in [0.15, 0.2) is 11.5 Å². The van der Waals surface area contributed by atoms with Gasteiger partial charge in [-0.15, -0.1) is 0 Å². The molecule has 1 unspecified atom stereocenters. The van der Waals surface area contributed by atoms with E-state index >= 15 is 0 Å². The minimum atomic E-state index is -1.26. The van der Waals surface area contributed by atoms with Crippen molar-refractivity contribution in [3.05, 3.63) is 65.2 Å². The van der Waals surface area contributed by atoms with E-state index in [1.165, 1.54) is 4.90 Å². The first-order valence-electron chi connectivity index (χ1n) is 11.9. The van der Waals surface area contributed by atoms with E-state index < -0.39 is 23.7 Å². The molecular formula is C26H30N6O5. The molecule has 1 atom stereocenters. The molecule has 1 saturated heterocycles. The maximum absolute atomic E-state index is 12.8. The minimum absolute atomic E-state index is 0.147. The maximum atomic E-state index is 12.8. The van der Waals surface area contributed by atoms with E-state index in [-0.39, 0.29) is 23.1 Å².